The highest BCUT2D eigenvalue weighted by atomic mass is 35.5. The van der Waals surface area contributed by atoms with Crippen LogP contribution in [0.2, 0.25) is 5.02 Å². The number of anilines is 1. The lowest BCUT2D eigenvalue weighted by molar-refractivity contribution is 0.0696. The van der Waals surface area contributed by atoms with Crippen LogP contribution in [0.1, 0.15) is 35.2 Å². The number of nitrogens with zero attached hydrogens (tertiary/aromatic N) is 2. The maximum Gasteiger partial charge on any atom is 0.339 e. The Morgan fingerprint density at radius 3 is 2.65 bits per heavy atom. The summed E-state index contributed by atoms with van der Waals surface area (Å²) in [6.45, 7) is 3.46. The first-order valence-corrected chi connectivity index (χ1v) is 6.12. The molecule has 17 heavy (non-hydrogen) atoms. The summed E-state index contributed by atoms with van der Waals surface area (Å²) in [5, 5.41) is 9.68. The van der Waals surface area contributed by atoms with Gasteiger partial charge >= 0.3 is 5.97 Å². The van der Waals surface area contributed by atoms with Crippen molar-refractivity contribution in [1.29, 1.82) is 0 Å². The van der Waals surface area contributed by atoms with Crippen molar-refractivity contribution in [2.45, 2.75) is 26.2 Å². The van der Waals surface area contributed by atoms with Crippen LogP contribution in [0.15, 0.2) is 6.20 Å². The van der Waals surface area contributed by atoms with Crippen molar-refractivity contribution in [1.82, 2.24) is 4.98 Å². The molecule has 0 bridgehead atoms. The lowest BCUT2D eigenvalue weighted by Crippen LogP contribution is -2.32. The smallest absolute Gasteiger partial charge is 0.339 e. The highest BCUT2D eigenvalue weighted by Gasteiger charge is 2.22. The number of rotatable bonds is 2. The van der Waals surface area contributed by atoms with Gasteiger partial charge in [0.2, 0.25) is 0 Å². The molecule has 2 heterocycles. The van der Waals surface area contributed by atoms with Gasteiger partial charge in [-0.2, -0.15) is 0 Å². The fraction of sp³-hybridized carbons (Fsp3) is 0.500. The molecule has 1 aliphatic heterocycles. The zero-order valence-corrected chi connectivity index (χ0v) is 10.5. The van der Waals surface area contributed by atoms with Gasteiger partial charge in [-0.3, -0.25) is 0 Å². The number of carboxylic acid groups (broad SMARTS) is 1. The molecule has 0 amide bonds. The molecule has 92 valence electrons. The number of carboxylic acids is 1. The number of pyridine rings is 1. The van der Waals surface area contributed by atoms with Gasteiger partial charge in [0.1, 0.15) is 11.4 Å². The van der Waals surface area contributed by atoms with Crippen LogP contribution in [0.5, 0.6) is 0 Å². The van der Waals surface area contributed by atoms with Gasteiger partial charge in [0.25, 0.3) is 0 Å². The summed E-state index contributed by atoms with van der Waals surface area (Å²) in [6, 6.07) is 0. The molecule has 1 fully saturated rings. The Morgan fingerprint density at radius 1 is 1.41 bits per heavy atom. The summed E-state index contributed by atoms with van der Waals surface area (Å²) < 4.78 is 0. The molecule has 5 heteroatoms. The van der Waals surface area contributed by atoms with Crippen molar-refractivity contribution >= 4 is 23.4 Å². The molecule has 0 radical (unpaired) electrons. The van der Waals surface area contributed by atoms with Crippen LogP contribution in [-0.4, -0.2) is 29.1 Å². The Balaban J connectivity index is 2.45. The van der Waals surface area contributed by atoms with E-state index < -0.39 is 5.97 Å². The molecule has 0 aliphatic carbocycles. The van der Waals surface area contributed by atoms with Gasteiger partial charge in [0, 0.05) is 19.3 Å². The molecule has 1 aromatic heterocycles. The van der Waals surface area contributed by atoms with Crippen molar-refractivity contribution in [2.75, 3.05) is 18.0 Å². The first-order valence-electron chi connectivity index (χ1n) is 5.74. The molecule has 1 aliphatic rings. The summed E-state index contributed by atoms with van der Waals surface area (Å²) in [5.41, 5.74) is 0.828. The van der Waals surface area contributed by atoms with Crippen LogP contribution < -0.4 is 4.90 Å². The Hall–Kier alpha value is -1.29. The molecule has 2 rings (SSSR count). The van der Waals surface area contributed by atoms with Gasteiger partial charge in [0.15, 0.2) is 0 Å². The van der Waals surface area contributed by atoms with E-state index >= 15 is 0 Å². The van der Waals surface area contributed by atoms with Crippen molar-refractivity contribution < 1.29 is 9.90 Å². The topological polar surface area (TPSA) is 53.4 Å². The SMILES string of the molecule is Cc1c(Cl)cnc(N2CCCCC2)c1C(=O)O. The summed E-state index contributed by atoms with van der Waals surface area (Å²) in [5.74, 6) is -0.405. The number of aromatic carboxylic acids is 1. The minimum Gasteiger partial charge on any atom is -0.478 e. The van der Waals surface area contributed by atoms with E-state index in [0.717, 1.165) is 25.9 Å². The Bertz CT molecular complexity index is 442. The van der Waals surface area contributed by atoms with Crippen LogP contribution in [0.25, 0.3) is 0 Å². The summed E-state index contributed by atoms with van der Waals surface area (Å²) in [7, 11) is 0. The molecule has 0 atom stereocenters. The largest absolute Gasteiger partial charge is 0.478 e. The van der Waals surface area contributed by atoms with Gasteiger partial charge in [-0.1, -0.05) is 11.6 Å². The lowest BCUT2D eigenvalue weighted by Gasteiger charge is -2.29. The van der Waals surface area contributed by atoms with Crippen LogP contribution in [0.4, 0.5) is 5.82 Å². The minimum atomic E-state index is -0.960. The number of carbonyl (C=O) groups is 1. The van der Waals surface area contributed by atoms with E-state index in [1.807, 2.05) is 4.90 Å². The number of hydrogen-bond donors (Lipinski definition) is 1. The summed E-state index contributed by atoms with van der Waals surface area (Å²) in [6.07, 6.45) is 4.91. The first-order chi connectivity index (χ1) is 8.11. The van der Waals surface area contributed by atoms with E-state index in [1.165, 1.54) is 12.6 Å². The van der Waals surface area contributed by atoms with Crippen molar-refractivity contribution in [3.05, 3.63) is 22.3 Å². The second-order valence-electron chi connectivity index (χ2n) is 4.28. The average Bonchev–Trinajstić information content (AvgIpc) is 2.33. The second-order valence-corrected chi connectivity index (χ2v) is 4.69. The number of piperidine rings is 1. The molecule has 0 aromatic carbocycles. The lowest BCUT2D eigenvalue weighted by atomic mass is 10.1. The Kier molecular flexibility index (Phi) is 3.52. The van der Waals surface area contributed by atoms with E-state index in [0.29, 0.717) is 16.4 Å². The molecule has 0 spiro atoms. The van der Waals surface area contributed by atoms with Gasteiger partial charge in [-0.15, -0.1) is 0 Å². The molecule has 1 N–H and O–H groups in total. The zero-order chi connectivity index (χ0) is 12.4. The van der Waals surface area contributed by atoms with E-state index in [4.69, 9.17) is 11.6 Å². The fourth-order valence-corrected chi connectivity index (χ4v) is 2.31. The highest BCUT2D eigenvalue weighted by molar-refractivity contribution is 6.31. The highest BCUT2D eigenvalue weighted by Crippen LogP contribution is 2.28. The normalized spacial score (nSPS) is 16.0. The standard InChI is InChI=1S/C12H15ClN2O2/c1-8-9(13)7-14-11(10(8)12(16)17)15-5-3-2-4-6-15/h7H,2-6H2,1H3,(H,16,17). The second kappa shape index (κ2) is 4.92. The number of hydrogen-bond acceptors (Lipinski definition) is 3. The fourth-order valence-electron chi connectivity index (χ4n) is 2.17. The summed E-state index contributed by atoms with van der Waals surface area (Å²) in [4.78, 5) is 17.5. The van der Waals surface area contributed by atoms with E-state index in [-0.39, 0.29) is 5.56 Å². The minimum absolute atomic E-state index is 0.236. The maximum atomic E-state index is 11.3. The monoisotopic (exact) mass is 254 g/mol. The third-order valence-corrected chi connectivity index (χ3v) is 3.51. The third-order valence-electron chi connectivity index (χ3n) is 3.13. The van der Waals surface area contributed by atoms with Crippen molar-refractivity contribution in [3.8, 4) is 0 Å². The van der Waals surface area contributed by atoms with Crippen LogP contribution >= 0.6 is 11.6 Å². The Labute approximate surface area is 105 Å². The van der Waals surface area contributed by atoms with Crippen LogP contribution in [0, 0.1) is 6.92 Å². The van der Waals surface area contributed by atoms with Gasteiger partial charge in [0.05, 0.1) is 5.02 Å². The molecule has 1 saturated heterocycles. The van der Waals surface area contributed by atoms with E-state index in [2.05, 4.69) is 4.98 Å². The van der Waals surface area contributed by atoms with Gasteiger partial charge < -0.3 is 10.0 Å². The number of aromatic nitrogens is 1. The predicted molar refractivity (Wildman–Crippen MR) is 67.0 cm³/mol. The summed E-state index contributed by atoms with van der Waals surface area (Å²) >= 11 is 5.92. The molecule has 0 unspecified atom stereocenters. The van der Waals surface area contributed by atoms with Crippen LogP contribution in [0.3, 0.4) is 0 Å². The third kappa shape index (κ3) is 2.36. The molecular formula is C12H15ClN2O2. The predicted octanol–water partition coefficient (Wildman–Crippen LogP) is 2.73. The first kappa shape index (κ1) is 12.2. The molecule has 0 saturated carbocycles. The van der Waals surface area contributed by atoms with Gasteiger partial charge in [-0.05, 0) is 31.7 Å². The van der Waals surface area contributed by atoms with E-state index in [9.17, 15) is 9.90 Å². The van der Waals surface area contributed by atoms with Crippen LogP contribution in [-0.2, 0) is 0 Å². The van der Waals surface area contributed by atoms with Gasteiger partial charge in [-0.25, -0.2) is 9.78 Å². The quantitative estimate of drug-likeness (QED) is 0.882. The molecular weight excluding hydrogens is 240 g/mol. The maximum absolute atomic E-state index is 11.3. The zero-order valence-electron chi connectivity index (χ0n) is 9.74. The van der Waals surface area contributed by atoms with E-state index in [1.54, 1.807) is 6.92 Å². The average molecular weight is 255 g/mol. The Morgan fingerprint density at radius 2 is 2.06 bits per heavy atom. The van der Waals surface area contributed by atoms with Crippen molar-refractivity contribution in [2.24, 2.45) is 0 Å². The van der Waals surface area contributed by atoms with Crippen molar-refractivity contribution in [3.63, 3.8) is 0 Å². The molecule has 1 aromatic rings. The number of halogens is 1. The molecule has 4 nitrogen and oxygen atoms in total.